The molecule has 0 aromatic heterocycles. The molecule has 3 atom stereocenters. The van der Waals surface area contributed by atoms with E-state index in [0.717, 1.165) is 14.7 Å². The molecule has 0 saturated heterocycles. The van der Waals surface area contributed by atoms with Gasteiger partial charge >= 0.3 is 35.8 Å². The average molecular weight is 594 g/mol. The van der Waals surface area contributed by atoms with Gasteiger partial charge in [0.25, 0.3) is 0 Å². The van der Waals surface area contributed by atoms with Crippen molar-refractivity contribution in [1.29, 1.82) is 0 Å². The fourth-order valence-electron chi connectivity index (χ4n) is 3.84. The summed E-state index contributed by atoms with van der Waals surface area (Å²) in [6, 6.07) is -3.20. The Morgan fingerprint density at radius 2 is 1.00 bits per heavy atom. The molecule has 232 valence electrons. The summed E-state index contributed by atoms with van der Waals surface area (Å²) in [5, 5.41) is 55.1. The van der Waals surface area contributed by atoms with Crippen LogP contribution in [0.3, 0.4) is 0 Å². The van der Waals surface area contributed by atoms with Crippen molar-refractivity contribution >= 4 is 47.5 Å². The van der Waals surface area contributed by atoms with Crippen LogP contribution in [0.1, 0.15) is 19.3 Å². The van der Waals surface area contributed by atoms with E-state index in [0.29, 0.717) is 0 Å². The summed E-state index contributed by atoms with van der Waals surface area (Å²) < 4.78 is 0. The van der Waals surface area contributed by atoms with Crippen molar-refractivity contribution < 1.29 is 69.0 Å². The molecule has 10 N–H and O–H groups in total. The molecule has 0 saturated carbocycles. The number of amides is 1. The number of ketones is 1. The van der Waals surface area contributed by atoms with Crippen LogP contribution in [0.5, 0.6) is 0 Å². The van der Waals surface area contributed by atoms with E-state index < -0.39 is 105 Å². The Kier molecular flexibility index (Phi) is 16.3. The number of carboxylic acid groups (broad SMARTS) is 6. The van der Waals surface area contributed by atoms with E-state index in [1.54, 1.807) is 0 Å². The van der Waals surface area contributed by atoms with E-state index >= 15 is 0 Å². The number of primary amides is 1. The zero-order valence-corrected chi connectivity index (χ0v) is 22.0. The summed E-state index contributed by atoms with van der Waals surface area (Å²) in [5.41, 5.74) is 11.0. The number of carbonyl (C=O) groups excluding carboxylic acids is 2. The molecular weight excluding hydrogens is 558 g/mol. The lowest BCUT2D eigenvalue weighted by Crippen LogP contribution is -2.52. The number of hydrogen-bond acceptors (Lipinski definition) is 12. The molecule has 0 radical (unpaired) electrons. The maximum absolute atomic E-state index is 12.8. The highest BCUT2D eigenvalue weighted by Gasteiger charge is 2.37. The van der Waals surface area contributed by atoms with E-state index in [-0.39, 0.29) is 32.6 Å². The van der Waals surface area contributed by atoms with Gasteiger partial charge in [-0.15, -0.1) is 0 Å². The molecule has 0 bridgehead atoms. The molecule has 0 rings (SSSR count). The number of hydrogen-bond donors (Lipinski definition) is 8. The molecule has 0 aromatic carbocycles. The summed E-state index contributed by atoms with van der Waals surface area (Å²) in [4.78, 5) is 95.6. The van der Waals surface area contributed by atoms with E-state index in [1.807, 2.05) is 0 Å². The molecule has 0 fully saturated rings. The number of aliphatic carboxylic acids is 6. The van der Waals surface area contributed by atoms with Gasteiger partial charge in [0.05, 0.1) is 38.1 Å². The molecule has 19 heteroatoms. The van der Waals surface area contributed by atoms with Crippen LogP contribution >= 0.6 is 0 Å². The van der Waals surface area contributed by atoms with Crippen LogP contribution in [-0.2, 0) is 38.4 Å². The maximum atomic E-state index is 12.8. The third-order valence-electron chi connectivity index (χ3n) is 5.75. The lowest BCUT2D eigenvalue weighted by Gasteiger charge is -2.33. The maximum Gasteiger partial charge on any atom is 0.320 e. The SMILES string of the molecule is NC(=O)C(C[C@@H](C(=O)O)N(CCN(CC(=O)O)CC(=O)O)CCN(CC(=O)O)CC(=O)O)C(=O)[C@@H](N)CCC(=O)O. The highest BCUT2D eigenvalue weighted by atomic mass is 16.4. The normalized spacial score (nSPS) is 13.5. The Bertz CT molecular complexity index is 918. The minimum Gasteiger partial charge on any atom is -0.481 e. The lowest BCUT2D eigenvalue weighted by atomic mass is 9.89. The first kappa shape index (κ1) is 36.8. The van der Waals surface area contributed by atoms with Crippen LogP contribution in [0.15, 0.2) is 0 Å². The fourth-order valence-corrected chi connectivity index (χ4v) is 3.84. The Morgan fingerprint density at radius 1 is 0.610 bits per heavy atom. The first-order valence-electron chi connectivity index (χ1n) is 12.0. The Morgan fingerprint density at radius 3 is 1.29 bits per heavy atom. The Balaban J connectivity index is 6.21. The highest BCUT2D eigenvalue weighted by molar-refractivity contribution is 6.03. The monoisotopic (exact) mass is 593 g/mol. The second-order valence-electron chi connectivity index (χ2n) is 9.02. The molecule has 0 aliphatic heterocycles. The van der Waals surface area contributed by atoms with Crippen molar-refractivity contribution in [3.05, 3.63) is 0 Å². The van der Waals surface area contributed by atoms with Crippen LogP contribution in [0, 0.1) is 5.92 Å². The Labute approximate surface area is 232 Å². The van der Waals surface area contributed by atoms with Gasteiger partial charge < -0.3 is 42.1 Å². The molecular formula is C22H35N5O14. The van der Waals surface area contributed by atoms with Crippen LogP contribution in [0.2, 0.25) is 0 Å². The number of carboxylic acids is 6. The lowest BCUT2D eigenvalue weighted by molar-refractivity contribution is -0.148. The van der Waals surface area contributed by atoms with Gasteiger partial charge in [-0.25, -0.2) is 0 Å². The molecule has 0 aliphatic carbocycles. The highest BCUT2D eigenvalue weighted by Crippen LogP contribution is 2.17. The predicted octanol–water partition coefficient (Wildman–Crippen LogP) is -4.06. The number of nitrogens with two attached hydrogens (primary N) is 2. The summed E-state index contributed by atoms with van der Waals surface area (Å²) in [7, 11) is 0. The van der Waals surface area contributed by atoms with Crippen LogP contribution < -0.4 is 11.5 Å². The van der Waals surface area contributed by atoms with Crippen LogP contribution in [-0.4, -0.2) is 157 Å². The summed E-state index contributed by atoms with van der Waals surface area (Å²) >= 11 is 0. The van der Waals surface area contributed by atoms with Crippen molar-refractivity contribution in [1.82, 2.24) is 14.7 Å². The van der Waals surface area contributed by atoms with Gasteiger partial charge in [-0.3, -0.25) is 53.1 Å². The number of carbonyl (C=O) groups is 8. The molecule has 0 aromatic rings. The van der Waals surface area contributed by atoms with Crippen LogP contribution in [0.25, 0.3) is 0 Å². The zero-order chi connectivity index (χ0) is 31.9. The summed E-state index contributed by atoms with van der Waals surface area (Å²) in [6.45, 7) is -4.45. The molecule has 0 aliphatic rings. The number of rotatable bonds is 24. The molecule has 0 spiro atoms. The first-order chi connectivity index (χ1) is 18.9. The van der Waals surface area contributed by atoms with Gasteiger partial charge in [-0.05, 0) is 12.8 Å². The van der Waals surface area contributed by atoms with Gasteiger partial charge in [0.1, 0.15) is 6.04 Å². The molecule has 41 heavy (non-hydrogen) atoms. The largest absolute Gasteiger partial charge is 0.481 e. The minimum atomic E-state index is -1.80. The second-order valence-corrected chi connectivity index (χ2v) is 9.02. The van der Waals surface area contributed by atoms with Gasteiger partial charge in [0, 0.05) is 32.6 Å². The molecule has 1 unspecified atom stereocenters. The van der Waals surface area contributed by atoms with E-state index in [4.69, 9.17) is 37.0 Å². The van der Waals surface area contributed by atoms with Crippen molar-refractivity contribution in [2.45, 2.75) is 31.3 Å². The number of Topliss-reactive ketones (excluding diaryl/α,β-unsaturated/α-hetero) is 1. The van der Waals surface area contributed by atoms with Gasteiger partial charge in [0.2, 0.25) is 5.91 Å². The number of nitrogens with zero attached hydrogens (tertiary/aromatic N) is 3. The van der Waals surface area contributed by atoms with Gasteiger partial charge in [0.15, 0.2) is 5.78 Å². The second kappa shape index (κ2) is 18.2. The van der Waals surface area contributed by atoms with E-state index in [9.17, 15) is 43.5 Å². The van der Waals surface area contributed by atoms with Crippen molar-refractivity contribution in [2.24, 2.45) is 17.4 Å². The predicted molar refractivity (Wildman–Crippen MR) is 134 cm³/mol. The third kappa shape index (κ3) is 15.8. The zero-order valence-electron chi connectivity index (χ0n) is 22.0. The van der Waals surface area contributed by atoms with E-state index in [2.05, 4.69) is 0 Å². The van der Waals surface area contributed by atoms with Crippen molar-refractivity contribution in [3.8, 4) is 0 Å². The molecule has 1 amide bonds. The smallest absolute Gasteiger partial charge is 0.320 e. The minimum absolute atomic E-state index is 0.354. The molecule has 19 nitrogen and oxygen atoms in total. The summed E-state index contributed by atoms with van der Waals surface area (Å²) in [6.07, 6.45) is -1.68. The van der Waals surface area contributed by atoms with Crippen molar-refractivity contribution in [2.75, 3.05) is 52.4 Å². The van der Waals surface area contributed by atoms with Gasteiger partial charge in [-0.1, -0.05) is 0 Å². The topological polar surface area (TPSA) is 320 Å². The quantitative estimate of drug-likeness (QED) is 0.0493. The molecule has 0 heterocycles. The first-order valence-corrected chi connectivity index (χ1v) is 12.0. The van der Waals surface area contributed by atoms with Gasteiger partial charge in [-0.2, -0.15) is 0 Å². The van der Waals surface area contributed by atoms with Crippen molar-refractivity contribution in [3.63, 3.8) is 0 Å². The standard InChI is InChI=1S/C22H35N5O14/c23-13(1-2-15(28)29)20(38)12(21(24)39)7-14(22(40)41)27(5-3-25(8-16(30)31)9-17(32)33)6-4-26(10-18(34)35)11-19(36)37/h12-14H,1-11,23H2,(H2,24,39)(H,28,29)(H,30,31)(H,32,33)(H,34,35)(H,36,37)(H,40,41)/t12?,13-,14-/m0/s1. The average Bonchev–Trinajstić information content (AvgIpc) is 2.81. The Hall–Kier alpha value is -4.20. The third-order valence-corrected chi connectivity index (χ3v) is 5.75. The fraction of sp³-hybridized carbons (Fsp3) is 0.636. The summed E-state index contributed by atoms with van der Waals surface area (Å²) in [5.74, 6) is -12.5. The van der Waals surface area contributed by atoms with Crippen LogP contribution in [0.4, 0.5) is 0 Å². The van der Waals surface area contributed by atoms with E-state index in [1.165, 1.54) is 0 Å².